The minimum atomic E-state index is -0.116. The molecule has 20 heavy (non-hydrogen) atoms. The van der Waals surface area contributed by atoms with E-state index in [1.165, 1.54) is 0 Å². The molecule has 114 valence electrons. The summed E-state index contributed by atoms with van der Waals surface area (Å²) in [5.74, 6) is 0.445. The van der Waals surface area contributed by atoms with Crippen molar-refractivity contribution < 1.29 is 14.3 Å². The largest absolute Gasteiger partial charge is 0.379 e. The van der Waals surface area contributed by atoms with Crippen LogP contribution >= 0.6 is 0 Å². The van der Waals surface area contributed by atoms with E-state index in [1.807, 2.05) is 6.92 Å². The predicted octanol–water partition coefficient (Wildman–Crippen LogP) is -0.403. The highest BCUT2D eigenvalue weighted by molar-refractivity contribution is 5.85. The molecule has 1 atom stereocenters. The van der Waals surface area contributed by atoms with Crippen LogP contribution in [0.5, 0.6) is 0 Å². The first-order chi connectivity index (χ1) is 9.66. The third kappa shape index (κ3) is 5.09. The standard InChI is InChI=1S/C14H25N3O3/c1-11(12-2-3-12)14(19)16-10-13(18)15-4-5-17-6-8-20-9-7-17/h11-12H,2-10H2,1H3,(H,15,18)(H,16,19). The second-order valence-corrected chi connectivity index (χ2v) is 5.65. The molecule has 1 saturated carbocycles. The van der Waals surface area contributed by atoms with Gasteiger partial charge >= 0.3 is 0 Å². The summed E-state index contributed by atoms with van der Waals surface area (Å²) < 4.78 is 5.26. The number of hydrogen-bond acceptors (Lipinski definition) is 4. The van der Waals surface area contributed by atoms with Crippen LogP contribution in [-0.4, -0.2) is 62.7 Å². The molecule has 6 nitrogen and oxygen atoms in total. The smallest absolute Gasteiger partial charge is 0.239 e. The lowest BCUT2D eigenvalue weighted by Crippen LogP contribution is -2.44. The maximum atomic E-state index is 11.7. The Morgan fingerprint density at radius 2 is 1.95 bits per heavy atom. The lowest BCUT2D eigenvalue weighted by molar-refractivity contribution is -0.128. The van der Waals surface area contributed by atoms with Gasteiger partial charge in [-0.05, 0) is 18.8 Å². The Balaban J connectivity index is 1.52. The van der Waals surface area contributed by atoms with E-state index in [-0.39, 0.29) is 24.3 Å². The molecule has 1 saturated heterocycles. The second-order valence-electron chi connectivity index (χ2n) is 5.65. The van der Waals surface area contributed by atoms with E-state index in [1.54, 1.807) is 0 Å². The number of nitrogens with one attached hydrogen (secondary N) is 2. The van der Waals surface area contributed by atoms with Gasteiger partial charge in [0.2, 0.25) is 11.8 Å². The van der Waals surface area contributed by atoms with Crippen LogP contribution in [0.3, 0.4) is 0 Å². The Kier molecular flexibility index (Phi) is 5.79. The summed E-state index contributed by atoms with van der Waals surface area (Å²) in [5, 5.41) is 5.54. The monoisotopic (exact) mass is 283 g/mol. The van der Waals surface area contributed by atoms with Crippen LogP contribution in [0.15, 0.2) is 0 Å². The van der Waals surface area contributed by atoms with E-state index in [9.17, 15) is 9.59 Å². The van der Waals surface area contributed by atoms with Gasteiger partial charge in [0.15, 0.2) is 0 Å². The van der Waals surface area contributed by atoms with Crippen molar-refractivity contribution in [3.63, 3.8) is 0 Å². The molecule has 2 aliphatic rings. The van der Waals surface area contributed by atoms with E-state index in [2.05, 4.69) is 15.5 Å². The molecule has 2 fully saturated rings. The molecule has 6 heteroatoms. The highest BCUT2D eigenvalue weighted by atomic mass is 16.5. The van der Waals surface area contributed by atoms with E-state index in [0.29, 0.717) is 12.5 Å². The topological polar surface area (TPSA) is 70.7 Å². The number of carbonyl (C=O) groups is 2. The fraction of sp³-hybridized carbons (Fsp3) is 0.857. The van der Waals surface area contributed by atoms with E-state index >= 15 is 0 Å². The molecule has 1 heterocycles. The maximum absolute atomic E-state index is 11.7. The predicted molar refractivity (Wildman–Crippen MR) is 75.2 cm³/mol. The van der Waals surface area contributed by atoms with Gasteiger partial charge in [-0.25, -0.2) is 0 Å². The zero-order chi connectivity index (χ0) is 14.4. The Labute approximate surface area is 120 Å². The third-order valence-corrected chi connectivity index (χ3v) is 4.02. The summed E-state index contributed by atoms with van der Waals surface area (Å²) in [7, 11) is 0. The van der Waals surface area contributed by atoms with Crippen LogP contribution in [0.1, 0.15) is 19.8 Å². The van der Waals surface area contributed by atoms with Crippen LogP contribution < -0.4 is 10.6 Å². The minimum absolute atomic E-state index is 0.00386. The molecule has 1 aliphatic heterocycles. The van der Waals surface area contributed by atoms with Gasteiger partial charge in [-0.1, -0.05) is 6.92 Å². The maximum Gasteiger partial charge on any atom is 0.239 e. The van der Waals surface area contributed by atoms with Gasteiger partial charge in [0.1, 0.15) is 0 Å². The molecule has 1 unspecified atom stereocenters. The molecule has 2 N–H and O–H groups in total. The molecule has 0 aromatic heterocycles. The highest BCUT2D eigenvalue weighted by Crippen LogP contribution is 2.36. The van der Waals surface area contributed by atoms with Crippen LogP contribution in [0.25, 0.3) is 0 Å². The van der Waals surface area contributed by atoms with Gasteiger partial charge in [0.25, 0.3) is 0 Å². The number of carbonyl (C=O) groups excluding carboxylic acids is 2. The SMILES string of the molecule is CC(C(=O)NCC(=O)NCCN1CCOCC1)C1CC1. The molecule has 0 radical (unpaired) electrons. The summed E-state index contributed by atoms with van der Waals surface area (Å²) >= 11 is 0. The summed E-state index contributed by atoms with van der Waals surface area (Å²) in [6.45, 7) is 6.85. The van der Waals surface area contributed by atoms with Gasteiger partial charge in [0, 0.05) is 32.1 Å². The first kappa shape index (κ1) is 15.3. The molecule has 1 aliphatic carbocycles. The third-order valence-electron chi connectivity index (χ3n) is 4.02. The molecule has 0 aromatic carbocycles. The average Bonchev–Trinajstić information content (AvgIpc) is 3.29. The van der Waals surface area contributed by atoms with Crippen LogP contribution in [-0.2, 0) is 14.3 Å². The van der Waals surface area contributed by atoms with Crippen molar-refractivity contribution in [2.24, 2.45) is 11.8 Å². The number of nitrogens with zero attached hydrogens (tertiary/aromatic N) is 1. The Hall–Kier alpha value is -1.14. The average molecular weight is 283 g/mol. The number of hydrogen-bond donors (Lipinski definition) is 2. The van der Waals surface area contributed by atoms with Gasteiger partial charge in [-0.2, -0.15) is 0 Å². The van der Waals surface area contributed by atoms with Crippen molar-refractivity contribution in [2.45, 2.75) is 19.8 Å². The number of morpholine rings is 1. The van der Waals surface area contributed by atoms with E-state index in [4.69, 9.17) is 4.74 Å². The van der Waals surface area contributed by atoms with Crippen LogP contribution in [0.2, 0.25) is 0 Å². The quantitative estimate of drug-likeness (QED) is 0.667. The van der Waals surface area contributed by atoms with Crippen molar-refractivity contribution in [2.75, 3.05) is 45.9 Å². The molecule has 0 bridgehead atoms. The molecule has 0 spiro atoms. The molecule has 2 amide bonds. The lowest BCUT2D eigenvalue weighted by atomic mass is 10.1. The Bertz CT molecular complexity index is 339. The summed E-state index contributed by atoms with van der Waals surface area (Å²) in [5.41, 5.74) is 0. The number of amides is 2. The summed E-state index contributed by atoms with van der Waals surface area (Å²) in [6.07, 6.45) is 2.28. The summed E-state index contributed by atoms with van der Waals surface area (Å²) in [6, 6.07) is 0. The zero-order valence-corrected chi connectivity index (χ0v) is 12.2. The highest BCUT2D eigenvalue weighted by Gasteiger charge is 2.32. The van der Waals surface area contributed by atoms with Crippen molar-refractivity contribution >= 4 is 11.8 Å². The molecule has 0 aromatic rings. The van der Waals surface area contributed by atoms with Gasteiger partial charge in [-0.3, -0.25) is 14.5 Å². The van der Waals surface area contributed by atoms with Crippen molar-refractivity contribution in [1.82, 2.24) is 15.5 Å². The fourth-order valence-electron chi connectivity index (χ4n) is 2.38. The number of rotatable bonds is 7. The lowest BCUT2D eigenvalue weighted by Gasteiger charge is -2.26. The van der Waals surface area contributed by atoms with Gasteiger partial charge < -0.3 is 15.4 Å². The number of ether oxygens (including phenoxy) is 1. The van der Waals surface area contributed by atoms with Crippen molar-refractivity contribution in [3.05, 3.63) is 0 Å². The Morgan fingerprint density at radius 1 is 1.25 bits per heavy atom. The second kappa shape index (κ2) is 7.59. The van der Waals surface area contributed by atoms with Crippen LogP contribution in [0, 0.1) is 11.8 Å². The van der Waals surface area contributed by atoms with Gasteiger partial charge in [0.05, 0.1) is 19.8 Å². The first-order valence-corrected chi connectivity index (χ1v) is 7.51. The normalized spacial score (nSPS) is 21.2. The molecular weight excluding hydrogens is 258 g/mol. The minimum Gasteiger partial charge on any atom is -0.379 e. The van der Waals surface area contributed by atoms with E-state index in [0.717, 1.165) is 45.7 Å². The fourth-order valence-corrected chi connectivity index (χ4v) is 2.38. The van der Waals surface area contributed by atoms with Crippen LogP contribution in [0.4, 0.5) is 0 Å². The van der Waals surface area contributed by atoms with Crippen molar-refractivity contribution in [3.8, 4) is 0 Å². The Morgan fingerprint density at radius 3 is 2.60 bits per heavy atom. The van der Waals surface area contributed by atoms with Gasteiger partial charge in [-0.15, -0.1) is 0 Å². The summed E-state index contributed by atoms with van der Waals surface area (Å²) in [4.78, 5) is 25.6. The molecular formula is C14H25N3O3. The zero-order valence-electron chi connectivity index (χ0n) is 12.2. The van der Waals surface area contributed by atoms with Crippen molar-refractivity contribution in [1.29, 1.82) is 0 Å². The molecule has 2 rings (SSSR count). The van der Waals surface area contributed by atoms with E-state index < -0.39 is 0 Å². The first-order valence-electron chi connectivity index (χ1n) is 7.51.